The summed E-state index contributed by atoms with van der Waals surface area (Å²) >= 11 is 7.67. The van der Waals surface area contributed by atoms with Crippen LogP contribution in [0.2, 0.25) is 0 Å². The number of hydrogen-bond acceptors (Lipinski definition) is 4. The predicted octanol–water partition coefficient (Wildman–Crippen LogP) is 3.50. The third-order valence-electron chi connectivity index (χ3n) is 5.00. The number of fused-ring (bicyclic) bond motifs is 2. The van der Waals surface area contributed by atoms with E-state index in [1.165, 1.54) is 37.4 Å². The van der Waals surface area contributed by atoms with Gasteiger partial charge >= 0.3 is 0 Å². The van der Waals surface area contributed by atoms with Crippen molar-refractivity contribution in [3.8, 4) is 0 Å². The lowest BCUT2D eigenvalue weighted by atomic mass is 10.1. The van der Waals surface area contributed by atoms with Crippen LogP contribution < -0.4 is 0 Å². The number of rotatable bonds is 4. The zero-order chi connectivity index (χ0) is 14.1. The second-order valence-electron chi connectivity index (χ2n) is 6.07. The van der Waals surface area contributed by atoms with Crippen LogP contribution in [0.3, 0.4) is 0 Å². The Kier molecular flexibility index (Phi) is 4.65. The molecule has 2 saturated heterocycles. The van der Waals surface area contributed by atoms with Crippen LogP contribution in [0.15, 0.2) is 5.38 Å². The maximum Gasteiger partial charge on any atom is 0.110 e. The molecule has 0 spiro atoms. The molecule has 1 aromatic heterocycles. The first-order valence-corrected chi connectivity index (χ1v) is 9.10. The SMILES string of the molecule is CCC(c1nc(CCl)cs1)N1CCC2CCC(C1)N2C. The van der Waals surface area contributed by atoms with Gasteiger partial charge in [-0.05, 0) is 32.7 Å². The van der Waals surface area contributed by atoms with Crippen molar-refractivity contribution in [1.82, 2.24) is 14.8 Å². The summed E-state index contributed by atoms with van der Waals surface area (Å²) in [5.74, 6) is 0.528. The largest absolute Gasteiger partial charge is 0.299 e. The standard InChI is InChI=1S/C15H24ClN3S/c1-3-14(15-17-11(8-16)10-20-15)19-7-6-12-4-5-13(9-19)18(12)2/h10,12-14H,3-9H2,1-2H3. The fourth-order valence-electron chi connectivity index (χ4n) is 3.74. The second-order valence-corrected chi connectivity index (χ2v) is 7.23. The minimum atomic E-state index is 0.477. The Labute approximate surface area is 130 Å². The molecule has 2 fully saturated rings. The Hall–Kier alpha value is -0.160. The monoisotopic (exact) mass is 313 g/mol. The molecule has 3 atom stereocenters. The van der Waals surface area contributed by atoms with Gasteiger partial charge in [-0.25, -0.2) is 4.98 Å². The van der Waals surface area contributed by atoms with Gasteiger partial charge in [0, 0.05) is 30.6 Å². The molecule has 0 radical (unpaired) electrons. The highest BCUT2D eigenvalue weighted by Crippen LogP contribution is 2.34. The van der Waals surface area contributed by atoms with Gasteiger partial charge in [0.1, 0.15) is 5.01 Å². The van der Waals surface area contributed by atoms with Gasteiger partial charge in [-0.2, -0.15) is 0 Å². The van der Waals surface area contributed by atoms with Crippen LogP contribution in [0.1, 0.15) is 49.4 Å². The number of likely N-dealkylation sites (N-methyl/N-ethyl adjacent to an activating group) is 1. The number of nitrogens with zero attached hydrogens (tertiary/aromatic N) is 3. The lowest BCUT2D eigenvalue weighted by Gasteiger charge is -2.31. The lowest BCUT2D eigenvalue weighted by Crippen LogP contribution is -2.38. The van der Waals surface area contributed by atoms with Crippen LogP contribution in [0.5, 0.6) is 0 Å². The predicted molar refractivity (Wildman–Crippen MR) is 85.5 cm³/mol. The third-order valence-corrected chi connectivity index (χ3v) is 6.27. The summed E-state index contributed by atoms with van der Waals surface area (Å²) in [5, 5.41) is 3.37. The van der Waals surface area contributed by atoms with E-state index >= 15 is 0 Å². The Morgan fingerprint density at radius 1 is 1.40 bits per heavy atom. The number of likely N-dealkylation sites (tertiary alicyclic amines) is 1. The number of aromatic nitrogens is 1. The molecule has 20 heavy (non-hydrogen) atoms. The topological polar surface area (TPSA) is 19.4 Å². The van der Waals surface area contributed by atoms with Crippen LogP contribution in [-0.2, 0) is 5.88 Å². The molecule has 3 nitrogen and oxygen atoms in total. The van der Waals surface area contributed by atoms with Crippen LogP contribution >= 0.6 is 22.9 Å². The van der Waals surface area contributed by atoms with E-state index in [-0.39, 0.29) is 0 Å². The minimum absolute atomic E-state index is 0.477. The number of halogens is 1. The summed E-state index contributed by atoms with van der Waals surface area (Å²) < 4.78 is 0. The van der Waals surface area contributed by atoms with E-state index in [4.69, 9.17) is 16.6 Å². The summed E-state index contributed by atoms with van der Waals surface area (Å²) in [5.41, 5.74) is 1.03. The Morgan fingerprint density at radius 2 is 2.20 bits per heavy atom. The van der Waals surface area contributed by atoms with E-state index in [9.17, 15) is 0 Å². The summed E-state index contributed by atoms with van der Waals surface area (Å²) in [4.78, 5) is 9.99. The molecular formula is C15H24ClN3S. The highest BCUT2D eigenvalue weighted by atomic mass is 35.5. The molecular weight excluding hydrogens is 290 g/mol. The van der Waals surface area contributed by atoms with Crippen molar-refractivity contribution in [3.63, 3.8) is 0 Å². The average Bonchev–Trinajstić information content (AvgIpc) is 2.99. The summed E-state index contributed by atoms with van der Waals surface area (Å²) in [7, 11) is 2.31. The first-order valence-electron chi connectivity index (χ1n) is 7.69. The highest BCUT2D eigenvalue weighted by molar-refractivity contribution is 7.09. The smallest absolute Gasteiger partial charge is 0.110 e. The van der Waals surface area contributed by atoms with Gasteiger partial charge in [0.15, 0.2) is 0 Å². The van der Waals surface area contributed by atoms with Crippen molar-refractivity contribution in [2.24, 2.45) is 0 Å². The molecule has 0 amide bonds. The van der Waals surface area contributed by atoms with E-state index in [0.717, 1.165) is 24.2 Å². The molecule has 0 N–H and O–H groups in total. The quantitative estimate of drug-likeness (QED) is 0.793. The molecule has 2 bridgehead atoms. The summed E-state index contributed by atoms with van der Waals surface area (Å²) in [6, 6.07) is 2.02. The van der Waals surface area contributed by atoms with Gasteiger partial charge in [0.05, 0.1) is 17.6 Å². The lowest BCUT2D eigenvalue weighted by molar-refractivity contribution is 0.167. The molecule has 3 rings (SSSR count). The zero-order valence-electron chi connectivity index (χ0n) is 12.4. The van der Waals surface area contributed by atoms with Crippen LogP contribution in [0, 0.1) is 0 Å². The van der Waals surface area contributed by atoms with Crippen molar-refractivity contribution in [2.75, 3.05) is 20.1 Å². The maximum atomic E-state index is 5.89. The van der Waals surface area contributed by atoms with Gasteiger partial charge in [-0.15, -0.1) is 22.9 Å². The fraction of sp³-hybridized carbons (Fsp3) is 0.800. The van der Waals surface area contributed by atoms with Gasteiger partial charge in [0.25, 0.3) is 0 Å². The average molecular weight is 314 g/mol. The molecule has 2 aliphatic rings. The van der Waals surface area contributed by atoms with Crippen molar-refractivity contribution in [2.45, 2.75) is 56.6 Å². The van der Waals surface area contributed by atoms with E-state index in [0.29, 0.717) is 11.9 Å². The van der Waals surface area contributed by atoms with Gasteiger partial charge in [-0.3, -0.25) is 9.80 Å². The molecule has 0 aromatic carbocycles. The Morgan fingerprint density at radius 3 is 2.90 bits per heavy atom. The van der Waals surface area contributed by atoms with Crippen LogP contribution in [0.25, 0.3) is 0 Å². The first-order chi connectivity index (χ1) is 9.72. The molecule has 3 unspecified atom stereocenters. The molecule has 0 saturated carbocycles. The number of alkyl halides is 1. The van der Waals surface area contributed by atoms with Gasteiger partial charge in [0.2, 0.25) is 0 Å². The number of thiazole rings is 1. The second kappa shape index (κ2) is 6.30. The number of hydrogen-bond donors (Lipinski definition) is 0. The van der Waals surface area contributed by atoms with Crippen LogP contribution in [-0.4, -0.2) is 47.0 Å². The van der Waals surface area contributed by atoms with Crippen molar-refractivity contribution >= 4 is 22.9 Å². The van der Waals surface area contributed by atoms with Gasteiger partial charge < -0.3 is 0 Å². The highest BCUT2D eigenvalue weighted by Gasteiger charge is 2.36. The van der Waals surface area contributed by atoms with E-state index in [2.05, 4.69) is 29.2 Å². The van der Waals surface area contributed by atoms with Gasteiger partial charge in [-0.1, -0.05) is 6.92 Å². The normalized spacial score (nSPS) is 29.6. The van der Waals surface area contributed by atoms with Crippen molar-refractivity contribution in [1.29, 1.82) is 0 Å². The fourth-order valence-corrected chi connectivity index (χ4v) is 5.01. The zero-order valence-corrected chi connectivity index (χ0v) is 14.0. The summed E-state index contributed by atoms with van der Waals surface area (Å²) in [6.45, 7) is 4.68. The molecule has 3 heterocycles. The summed E-state index contributed by atoms with van der Waals surface area (Å²) in [6.07, 6.45) is 5.19. The molecule has 1 aromatic rings. The Bertz CT molecular complexity index is 450. The molecule has 0 aliphatic carbocycles. The van der Waals surface area contributed by atoms with E-state index < -0.39 is 0 Å². The van der Waals surface area contributed by atoms with Crippen molar-refractivity contribution < 1.29 is 0 Å². The Balaban J connectivity index is 1.76. The van der Waals surface area contributed by atoms with Crippen LogP contribution in [0.4, 0.5) is 0 Å². The van der Waals surface area contributed by atoms with Crippen molar-refractivity contribution in [3.05, 3.63) is 16.1 Å². The van der Waals surface area contributed by atoms with E-state index in [1.807, 2.05) is 0 Å². The first kappa shape index (κ1) is 14.8. The molecule has 112 valence electrons. The molecule has 5 heteroatoms. The van der Waals surface area contributed by atoms with E-state index in [1.54, 1.807) is 11.3 Å². The molecule has 2 aliphatic heterocycles. The maximum absolute atomic E-state index is 5.89. The third kappa shape index (κ3) is 2.76. The minimum Gasteiger partial charge on any atom is -0.299 e.